The number of carbonyl (C=O) groups excluding carboxylic acids is 3. The summed E-state index contributed by atoms with van der Waals surface area (Å²) in [7, 11) is 3.08. The molecule has 32 heavy (non-hydrogen) atoms. The van der Waals surface area contributed by atoms with E-state index in [1.165, 1.54) is 16.6 Å². The maximum absolute atomic E-state index is 12.6. The topological polar surface area (TPSA) is 140 Å². The number of rotatable bonds is 2. The third kappa shape index (κ3) is 3.36. The van der Waals surface area contributed by atoms with Crippen LogP contribution in [0.25, 0.3) is 5.69 Å². The molecule has 1 fully saturated rings. The average Bonchev–Trinajstić information content (AvgIpc) is 3.26. The van der Waals surface area contributed by atoms with Crippen molar-refractivity contribution in [2.45, 2.75) is 24.9 Å². The van der Waals surface area contributed by atoms with Gasteiger partial charge in [-0.25, -0.2) is 4.68 Å². The van der Waals surface area contributed by atoms with Crippen molar-refractivity contribution in [3.63, 3.8) is 0 Å². The summed E-state index contributed by atoms with van der Waals surface area (Å²) in [5.41, 5.74) is 5.20. The first-order valence-corrected chi connectivity index (χ1v) is 10.1. The lowest BCUT2D eigenvalue weighted by atomic mass is 10.0. The quantitative estimate of drug-likeness (QED) is 0.555. The first kappa shape index (κ1) is 21.4. The Morgan fingerprint density at radius 2 is 2.16 bits per heavy atom. The SMILES string of the molecule is CNC(=O)c1c(C(N)=O)nn2c1[C@H](C)COc1ccc(C#C[C@]3(O)CCN(C)C3=O)cc1-2. The first-order valence-electron chi connectivity index (χ1n) is 10.1. The Balaban J connectivity index is 1.85. The number of amides is 3. The highest BCUT2D eigenvalue weighted by Crippen LogP contribution is 2.35. The summed E-state index contributed by atoms with van der Waals surface area (Å²) in [6, 6.07) is 5.06. The van der Waals surface area contributed by atoms with Gasteiger partial charge in [0.25, 0.3) is 17.7 Å². The predicted octanol–water partition coefficient (Wildman–Crippen LogP) is -0.229. The summed E-state index contributed by atoms with van der Waals surface area (Å²) in [4.78, 5) is 38.2. The molecular weight excluding hydrogens is 414 g/mol. The van der Waals surface area contributed by atoms with Crippen molar-refractivity contribution in [1.82, 2.24) is 20.0 Å². The van der Waals surface area contributed by atoms with Crippen LogP contribution in [-0.2, 0) is 4.79 Å². The van der Waals surface area contributed by atoms with E-state index in [2.05, 4.69) is 22.3 Å². The number of benzene rings is 1. The zero-order chi connectivity index (χ0) is 23.2. The largest absolute Gasteiger partial charge is 0.491 e. The van der Waals surface area contributed by atoms with Gasteiger partial charge < -0.3 is 25.8 Å². The number of nitrogens with one attached hydrogen (secondary N) is 1. The Bertz CT molecular complexity index is 1210. The summed E-state index contributed by atoms with van der Waals surface area (Å²) < 4.78 is 7.37. The molecular formula is C22H23N5O5. The van der Waals surface area contributed by atoms with E-state index in [9.17, 15) is 19.5 Å². The number of primary amides is 1. The van der Waals surface area contributed by atoms with E-state index in [4.69, 9.17) is 10.5 Å². The van der Waals surface area contributed by atoms with E-state index in [0.717, 1.165) is 0 Å². The smallest absolute Gasteiger partial charge is 0.270 e. The highest BCUT2D eigenvalue weighted by molar-refractivity contribution is 6.06. The van der Waals surface area contributed by atoms with E-state index >= 15 is 0 Å². The third-order valence-electron chi connectivity index (χ3n) is 5.67. The predicted molar refractivity (Wildman–Crippen MR) is 113 cm³/mol. The van der Waals surface area contributed by atoms with Gasteiger partial charge in [-0.2, -0.15) is 5.10 Å². The van der Waals surface area contributed by atoms with E-state index < -0.39 is 23.3 Å². The lowest BCUT2D eigenvalue weighted by molar-refractivity contribution is -0.137. The number of likely N-dealkylation sites (N-methyl/N-ethyl adjacent to an activating group) is 1. The highest BCUT2D eigenvalue weighted by atomic mass is 16.5. The van der Waals surface area contributed by atoms with Crippen molar-refractivity contribution >= 4 is 17.7 Å². The van der Waals surface area contributed by atoms with Gasteiger partial charge in [0.15, 0.2) is 5.69 Å². The van der Waals surface area contributed by atoms with Crippen LogP contribution in [0.1, 0.15) is 51.4 Å². The molecule has 0 bridgehead atoms. The highest BCUT2D eigenvalue weighted by Gasteiger charge is 2.42. The van der Waals surface area contributed by atoms with E-state index in [1.54, 1.807) is 25.2 Å². The number of likely N-dealkylation sites (tertiary alicyclic amines) is 1. The third-order valence-corrected chi connectivity index (χ3v) is 5.67. The molecule has 2 atom stereocenters. The number of fused-ring (bicyclic) bond motifs is 3. The van der Waals surface area contributed by atoms with Gasteiger partial charge in [0.05, 0.1) is 17.9 Å². The molecule has 1 aromatic heterocycles. The van der Waals surface area contributed by atoms with Crippen LogP contribution >= 0.6 is 0 Å². The zero-order valence-corrected chi connectivity index (χ0v) is 17.9. The molecule has 0 spiro atoms. The van der Waals surface area contributed by atoms with Gasteiger partial charge in [-0.1, -0.05) is 18.8 Å². The molecule has 166 valence electrons. The fourth-order valence-electron chi connectivity index (χ4n) is 3.91. The zero-order valence-electron chi connectivity index (χ0n) is 17.9. The molecule has 2 aliphatic rings. The Morgan fingerprint density at radius 1 is 1.41 bits per heavy atom. The lowest BCUT2D eigenvalue weighted by Crippen LogP contribution is -2.37. The molecule has 0 radical (unpaired) electrons. The molecule has 3 amide bonds. The second kappa shape index (κ2) is 7.69. The Hall–Kier alpha value is -3.84. The number of nitrogens with zero attached hydrogens (tertiary/aromatic N) is 3. The van der Waals surface area contributed by atoms with Crippen LogP contribution in [0.3, 0.4) is 0 Å². The minimum atomic E-state index is -1.73. The minimum absolute atomic E-state index is 0.106. The van der Waals surface area contributed by atoms with Gasteiger partial charge in [0.1, 0.15) is 11.4 Å². The maximum atomic E-state index is 12.6. The molecule has 10 nitrogen and oxygen atoms in total. The number of nitrogens with two attached hydrogens (primary N) is 1. The number of ether oxygens (including phenoxy) is 1. The fourth-order valence-corrected chi connectivity index (χ4v) is 3.91. The van der Waals surface area contributed by atoms with Gasteiger partial charge in [-0.3, -0.25) is 14.4 Å². The number of carbonyl (C=O) groups is 3. The van der Waals surface area contributed by atoms with Crippen molar-refractivity contribution in [2.75, 3.05) is 27.2 Å². The van der Waals surface area contributed by atoms with Crippen LogP contribution < -0.4 is 15.8 Å². The molecule has 2 aromatic rings. The van der Waals surface area contributed by atoms with Crippen LogP contribution in [0.2, 0.25) is 0 Å². The monoisotopic (exact) mass is 437 g/mol. The lowest BCUT2D eigenvalue weighted by Gasteiger charge is -2.13. The summed E-state index contributed by atoms with van der Waals surface area (Å²) in [6.45, 7) is 2.54. The average molecular weight is 437 g/mol. The molecule has 10 heteroatoms. The van der Waals surface area contributed by atoms with Crippen LogP contribution in [0.5, 0.6) is 5.75 Å². The molecule has 0 saturated carbocycles. The van der Waals surface area contributed by atoms with Crippen molar-refractivity contribution in [3.8, 4) is 23.3 Å². The molecule has 2 aliphatic heterocycles. The molecule has 0 unspecified atom stereocenters. The summed E-state index contributed by atoms with van der Waals surface area (Å²) in [5, 5.41) is 17.4. The van der Waals surface area contributed by atoms with Gasteiger partial charge in [0, 0.05) is 38.5 Å². The summed E-state index contributed by atoms with van der Waals surface area (Å²) >= 11 is 0. The van der Waals surface area contributed by atoms with Crippen molar-refractivity contribution < 1.29 is 24.2 Å². The fraction of sp³-hybridized carbons (Fsp3) is 0.364. The molecule has 0 aliphatic carbocycles. The van der Waals surface area contributed by atoms with Gasteiger partial charge in [-0.05, 0) is 18.2 Å². The first-order chi connectivity index (χ1) is 15.2. The minimum Gasteiger partial charge on any atom is -0.491 e. The van der Waals surface area contributed by atoms with Gasteiger partial charge >= 0.3 is 0 Å². The number of aliphatic hydroxyl groups is 1. The van der Waals surface area contributed by atoms with Crippen LogP contribution in [-0.4, -0.2) is 70.4 Å². The molecule has 4 N–H and O–H groups in total. The Morgan fingerprint density at radius 3 is 2.78 bits per heavy atom. The Kier molecular flexibility index (Phi) is 5.14. The number of hydrogen-bond acceptors (Lipinski definition) is 6. The van der Waals surface area contributed by atoms with Crippen molar-refractivity contribution in [3.05, 3.63) is 40.7 Å². The van der Waals surface area contributed by atoms with E-state index in [1.807, 2.05) is 6.92 Å². The molecule has 3 heterocycles. The van der Waals surface area contributed by atoms with Crippen molar-refractivity contribution in [2.24, 2.45) is 5.73 Å². The van der Waals surface area contributed by atoms with Gasteiger partial charge in [-0.15, -0.1) is 0 Å². The summed E-state index contributed by atoms with van der Waals surface area (Å²) in [5.74, 6) is 4.02. The van der Waals surface area contributed by atoms with Crippen LogP contribution in [0, 0.1) is 11.8 Å². The second-order valence-corrected chi connectivity index (χ2v) is 7.95. The Labute approximate surface area is 184 Å². The van der Waals surface area contributed by atoms with E-state index in [0.29, 0.717) is 29.2 Å². The van der Waals surface area contributed by atoms with Crippen molar-refractivity contribution in [1.29, 1.82) is 0 Å². The molecule has 1 aromatic carbocycles. The number of aromatic nitrogens is 2. The second-order valence-electron chi connectivity index (χ2n) is 7.95. The summed E-state index contributed by atoms with van der Waals surface area (Å²) in [6.07, 6.45) is 0.224. The van der Waals surface area contributed by atoms with Gasteiger partial charge in [0.2, 0.25) is 5.60 Å². The molecule has 1 saturated heterocycles. The molecule has 4 rings (SSSR count). The van der Waals surface area contributed by atoms with Crippen LogP contribution in [0.4, 0.5) is 0 Å². The van der Waals surface area contributed by atoms with Crippen LogP contribution in [0.15, 0.2) is 18.2 Å². The maximum Gasteiger partial charge on any atom is 0.270 e. The van der Waals surface area contributed by atoms with E-state index in [-0.39, 0.29) is 30.2 Å². The standard InChI is InChI=1S/C22H23N5O5/c1-12-11-32-15-5-4-13(6-7-22(31)8-9-26(3)21(22)30)10-14(15)27-18(12)16(20(29)24-2)17(25-27)19(23)28/h4-5,10,12,31H,8-9,11H2,1-3H3,(H2,23,28)(H,24,29)/t12-,22+/m1/s1. The number of hydrogen-bond donors (Lipinski definition) is 3. The normalized spacial score (nSPS) is 21.6.